The Kier molecular flexibility index (Phi) is 2.76. The van der Waals surface area contributed by atoms with Gasteiger partial charge >= 0.3 is 6.18 Å². The van der Waals surface area contributed by atoms with E-state index in [0.717, 1.165) is 4.40 Å². The summed E-state index contributed by atoms with van der Waals surface area (Å²) in [6.45, 7) is 0. The van der Waals surface area contributed by atoms with Gasteiger partial charge in [-0.2, -0.15) is 13.2 Å². The van der Waals surface area contributed by atoms with Crippen molar-refractivity contribution in [1.29, 1.82) is 0 Å². The lowest BCUT2D eigenvalue weighted by atomic mass is 10.3. The minimum absolute atomic E-state index is 0.0862. The number of carbonyl (C=O) groups excluding carboxylic acids is 1. The Balaban J connectivity index is 2.86. The first-order valence-corrected chi connectivity index (χ1v) is 5.34. The molecule has 0 aliphatic carbocycles. The quantitative estimate of drug-likeness (QED) is 0.726. The van der Waals surface area contributed by atoms with Crippen LogP contribution in [0, 0.1) is 3.57 Å². The predicted molar refractivity (Wildman–Crippen MR) is 57.2 cm³/mol. The Morgan fingerprint density at radius 2 is 2.06 bits per heavy atom. The van der Waals surface area contributed by atoms with E-state index in [9.17, 15) is 23.1 Å². The normalized spacial score (nSPS) is 12.0. The van der Waals surface area contributed by atoms with Gasteiger partial charge in [0.25, 0.3) is 0 Å². The van der Waals surface area contributed by atoms with Crippen molar-refractivity contribution >= 4 is 34.2 Å². The van der Waals surface area contributed by atoms with Crippen molar-refractivity contribution in [3.05, 3.63) is 33.3 Å². The van der Waals surface area contributed by atoms with E-state index in [1.54, 1.807) is 0 Å². The molecule has 2 aromatic rings. The minimum Gasteiger partial charge on any atom is -0.543 e. The predicted octanol–water partition coefficient (Wildman–Crippen LogP) is 1.32. The van der Waals surface area contributed by atoms with E-state index in [1.165, 1.54) is 18.3 Å². The van der Waals surface area contributed by atoms with Gasteiger partial charge in [-0.05, 0) is 34.7 Å². The van der Waals surface area contributed by atoms with E-state index >= 15 is 0 Å². The number of hydrogen-bond acceptors (Lipinski definition) is 3. The zero-order valence-corrected chi connectivity index (χ0v) is 10.1. The molecule has 0 radical (unpaired) electrons. The summed E-state index contributed by atoms with van der Waals surface area (Å²) in [4.78, 5) is 14.0. The first-order chi connectivity index (χ1) is 7.80. The van der Waals surface area contributed by atoms with Crippen LogP contribution in [0.2, 0.25) is 0 Å². The Morgan fingerprint density at radius 3 is 2.59 bits per heavy atom. The highest BCUT2D eigenvalue weighted by Gasteiger charge is 2.38. The lowest BCUT2D eigenvalue weighted by Gasteiger charge is -2.08. The fourth-order valence-electron chi connectivity index (χ4n) is 1.41. The second kappa shape index (κ2) is 3.86. The first kappa shape index (κ1) is 12.1. The number of carboxylic acid groups (broad SMARTS) is 1. The van der Waals surface area contributed by atoms with E-state index in [0.29, 0.717) is 3.57 Å². The van der Waals surface area contributed by atoms with E-state index in [2.05, 4.69) is 4.98 Å². The number of halogens is 4. The molecule has 0 N–H and O–H groups in total. The lowest BCUT2D eigenvalue weighted by Crippen LogP contribution is -2.27. The van der Waals surface area contributed by atoms with Gasteiger partial charge in [-0.3, -0.25) is 4.40 Å². The van der Waals surface area contributed by atoms with Gasteiger partial charge in [-0.25, -0.2) is 4.98 Å². The van der Waals surface area contributed by atoms with Crippen LogP contribution in [0.5, 0.6) is 0 Å². The molecule has 0 aliphatic rings. The molecule has 0 saturated heterocycles. The third-order valence-electron chi connectivity index (χ3n) is 2.04. The molecule has 0 unspecified atom stereocenters. The standard InChI is InChI=1S/C9H4F3IN2O2/c10-9(11,12)7-6(8(16)17)15-3-4(13)1-2-5(15)14-7/h1-3H,(H,16,17)/p-1. The molecular weight excluding hydrogens is 352 g/mol. The molecule has 2 heterocycles. The van der Waals surface area contributed by atoms with Crippen LogP contribution in [0.15, 0.2) is 18.3 Å². The molecule has 0 saturated carbocycles. The zero-order valence-electron chi connectivity index (χ0n) is 7.95. The Labute approximate surface area is 106 Å². The van der Waals surface area contributed by atoms with Crippen LogP contribution >= 0.6 is 22.6 Å². The highest BCUT2D eigenvalue weighted by atomic mass is 127. The zero-order chi connectivity index (χ0) is 12.8. The van der Waals surface area contributed by atoms with Crippen molar-refractivity contribution in [3.63, 3.8) is 0 Å². The molecule has 0 bridgehead atoms. The van der Waals surface area contributed by atoms with Gasteiger partial charge in [0, 0.05) is 9.77 Å². The highest BCUT2D eigenvalue weighted by Crippen LogP contribution is 2.31. The maximum Gasteiger partial charge on any atom is 0.435 e. The Morgan fingerprint density at radius 1 is 1.41 bits per heavy atom. The number of pyridine rings is 1. The molecule has 0 fully saturated rings. The lowest BCUT2D eigenvalue weighted by molar-refractivity contribution is -0.256. The molecule has 17 heavy (non-hydrogen) atoms. The van der Waals surface area contributed by atoms with Crippen LogP contribution in [0.3, 0.4) is 0 Å². The summed E-state index contributed by atoms with van der Waals surface area (Å²) < 4.78 is 39.2. The van der Waals surface area contributed by atoms with Crippen LogP contribution in [-0.4, -0.2) is 15.4 Å². The number of fused-ring (bicyclic) bond motifs is 1. The maximum atomic E-state index is 12.6. The van der Waals surface area contributed by atoms with Gasteiger partial charge in [0.05, 0.1) is 5.97 Å². The molecule has 8 heteroatoms. The summed E-state index contributed by atoms with van der Waals surface area (Å²) in [5.41, 5.74) is -2.51. The number of nitrogens with zero attached hydrogens (tertiary/aromatic N) is 2. The summed E-state index contributed by atoms with van der Waals surface area (Å²) in [5.74, 6) is -1.91. The Hall–Kier alpha value is -1.32. The number of rotatable bonds is 1. The van der Waals surface area contributed by atoms with Gasteiger partial charge < -0.3 is 9.90 Å². The number of alkyl halides is 3. The van der Waals surface area contributed by atoms with Crippen molar-refractivity contribution in [1.82, 2.24) is 9.38 Å². The second-order valence-electron chi connectivity index (χ2n) is 3.17. The number of aromatic nitrogens is 2. The highest BCUT2D eigenvalue weighted by molar-refractivity contribution is 14.1. The SMILES string of the molecule is O=C([O-])c1c(C(F)(F)F)nc2ccc(I)cn12. The van der Waals surface area contributed by atoms with Gasteiger partial charge in [0.2, 0.25) is 0 Å². The molecule has 0 spiro atoms. The molecule has 0 amide bonds. The average molecular weight is 355 g/mol. The number of carbonyl (C=O) groups is 1. The molecule has 2 aromatic heterocycles. The molecular formula is C9H3F3IN2O2-. The minimum atomic E-state index is -4.83. The van der Waals surface area contributed by atoms with Crippen molar-refractivity contribution < 1.29 is 23.1 Å². The number of imidazole rings is 1. The fraction of sp³-hybridized carbons (Fsp3) is 0.111. The smallest absolute Gasteiger partial charge is 0.435 e. The average Bonchev–Trinajstić information content (AvgIpc) is 2.55. The van der Waals surface area contributed by atoms with E-state index in [4.69, 9.17) is 0 Å². The van der Waals surface area contributed by atoms with E-state index in [-0.39, 0.29) is 5.65 Å². The van der Waals surface area contributed by atoms with E-state index < -0.39 is 23.5 Å². The first-order valence-electron chi connectivity index (χ1n) is 4.27. The van der Waals surface area contributed by atoms with Gasteiger partial charge in [0.15, 0.2) is 5.69 Å². The summed E-state index contributed by atoms with van der Waals surface area (Å²) in [7, 11) is 0. The van der Waals surface area contributed by atoms with Crippen LogP contribution in [-0.2, 0) is 6.18 Å². The van der Waals surface area contributed by atoms with Crippen LogP contribution < -0.4 is 5.11 Å². The van der Waals surface area contributed by atoms with Crippen molar-refractivity contribution in [2.75, 3.05) is 0 Å². The number of aromatic carboxylic acids is 1. The van der Waals surface area contributed by atoms with E-state index in [1.807, 2.05) is 22.6 Å². The summed E-state index contributed by atoms with van der Waals surface area (Å²) in [5, 5.41) is 10.8. The molecule has 90 valence electrons. The number of carboxylic acids is 1. The number of hydrogen-bond donors (Lipinski definition) is 0. The third-order valence-corrected chi connectivity index (χ3v) is 2.68. The largest absolute Gasteiger partial charge is 0.543 e. The Bertz CT molecular complexity index is 606. The monoisotopic (exact) mass is 355 g/mol. The second-order valence-corrected chi connectivity index (χ2v) is 4.42. The van der Waals surface area contributed by atoms with Crippen molar-refractivity contribution in [2.45, 2.75) is 6.18 Å². The van der Waals surface area contributed by atoms with Crippen LogP contribution in [0.1, 0.15) is 16.2 Å². The maximum absolute atomic E-state index is 12.6. The molecule has 0 atom stereocenters. The van der Waals surface area contributed by atoms with Crippen LogP contribution in [0.4, 0.5) is 13.2 Å². The van der Waals surface area contributed by atoms with Crippen LogP contribution in [0.25, 0.3) is 5.65 Å². The van der Waals surface area contributed by atoms with Crippen molar-refractivity contribution in [3.8, 4) is 0 Å². The molecule has 0 aliphatic heterocycles. The molecule has 0 aromatic carbocycles. The summed E-state index contributed by atoms with van der Waals surface area (Å²) >= 11 is 1.85. The topological polar surface area (TPSA) is 57.4 Å². The fourth-order valence-corrected chi connectivity index (χ4v) is 1.87. The van der Waals surface area contributed by atoms with Gasteiger partial charge in [0.1, 0.15) is 11.3 Å². The summed E-state index contributed by atoms with van der Waals surface area (Å²) in [6.07, 6.45) is -3.57. The van der Waals surface area contributed by atoms with Gasteiger partial charge in [-0.1, -0.05) is 0 Å². The van der Waals surface area contributed by atoms with Gasteiger partial charge in [-0.15, -0.1) is 0 Å². The third kappa shape index (κ3) is 2.08. The van der Waals surface area contributed by atoms with Crippen molar-refractivity contribution in [2.24, 2.45) is 0 Å². The molecule has 4 nitrogen and oxygen atoms in total. The summed E-state index contributed by atoms with van der Waals surface area (Å²) in [6, 6.07) is 2.84. The molecule has 2 rings (SSSR count).